The van der Waals surface area contributed by atoms with E-state index in [1.807, 2.05) is 122 Å². The zero-order valence-electron chi connectivity index (χ0n) is 78.3. The van der Waals surface area contributed by atoms with E-state index in [0.29, 0.717) is 76.4 Å². The molecule has 16 rings (SSSR count). The number of thioether (sulfide) groups is 1. The maximum atomic E-state index is 12.6. The summed E-state index contributed by atoms with van der Waals surface area (Å²) in [6.07, 6.45) is 32.8. The van der Waals surface area contributed by atoms with Gasteiger partial charge in [-0.1, -0.05) is 175 Å². The number of carbonyl (C=O) groups excluding carboxylic acids is 6. The summed E-state index contributed by atoms with van der Waals surface area (Å²) in [5.41, 5.74) is 10.8. The minimum absolute atomic E-state index is 0.00428. The molecule has 26 nitrogen and oxygen atoms in total. The maximum absolute atomic E-state index is 12.6. The van der Waals surface area contributed by atoms with Gasteiger partial charge in [-0.15, -0.1) is 11.8 Å². The van der Waals surface area contributed by atoms with Gasteiger partial charge < -0.3 is 54.1 Å². The van der Waals surface area contributed by atoms with Crippen molar-refractivity contribution in [2.45, 2.75) is 244 Å². The first-order valence-corrected chi connectivity index (χ1v) is 48.3. The number of esters is 1. The number of pyridine rings is 1. The van der Waals surface area contributed by atoms with Crippen LogP contribution in [-0.2, 0) is 48.0 Å². The molecule has 1 unspecified atom stereocenters. The van der Waals surface area contributed by atoms with Gasteiger partial charge in [-0.2, -0.15) is 10.4 Å². The Kier molecular flexibility index (Phi) is 38.2. The fourth-order valence-corrected chi connectivity index (χ4v) is 19.2. The van der Waals surface area contributed by atoms with E-state index in [9.17, 15) is 48.3 Å². The van der Waals surface area contributed by atoms with Crippen molar-refractivity contribution < 1.29 is 52.6 Å². The number of Topliss-reactive ketones (excluding diaryl/α,β-unsaturated/α-hetero) is 2. The highest BCUT2D eigenvalue weighted by molar-refractivity contribution is 8.00. The molecule has 9 aromatic rings. The molecule has 0 saturated carbocycles. The Balaban J connectivity index is 0.000000154. The number of nitrogens with zero attached hydrogens (tertiary/aromatic N) is 9. The first-order chi connectivity index (χ1) is 64.2. The predicted molar refractivity (Wildman–Crippen MR) is 531 cm³/mol. The summed E-state index contributed by atoms with van der Waals surface area (Å²) >= 11 is 6.86. The second kappa shape index (κ2) is 50.1. The first-order valence-electron chi connectivity index (χ1n) is 46.8. The van der Waals surface area contributed by atoms with Crippen molar-refractivity contribution in [2.24, 2.45) is 0 Å². The third-order valence-corrected chi connectivity index (χ3v) is 26.7. The average molecular weight is 1840 g/mol. The van der Waals surface area contributed by atoms with E-state index in [1.54, 1.807) is 67.6 Å². The zero-order chi connectivity index (χ0) is 95.1. The van der Waals surface area contributed by atoms with Crippen molar-refractivity contribution in [2.75, 3.05) is 60.8 Å². The number of aromatic amines is 1. The Morgan fingerprint density at radius 2 is 1.40 bits per heavy atom. The van der Waals surface area contributed by atoms with Crippen molar-refractivity contribution in [3.63, 3.8) is 0 Å². The molecule has 28 heteroatoms. The molecule has 2 bridgehead atoms. The molecular formula is C105H127N13O13S2. The topological polar surface area (TPSA) is 337 Å². The molecule has 6 aromatic carbocycles. The number of aryl methyl sites for hydroxylation is 3. The summed E-state index contributed by atoms with van der Waals surface area (Å²) in [5.74, 6) is -0.405. The SMILES string of the molecule is CC(=O)c1cc(=O)c2c3nc4ccccc4oc-3cc(=O)c2[nH]1.CCCCCCCCCCCCCCCNCCCCC(C)=O.CCN(C(C)=O)c1cccc(-c2ccnc3c(C#N)cnn23)c1.CCOC(=O)[C@H](c1ccccc1)[C@@H]1N[C@](C)(C(=O)O)CS1.CN1[C@@H]2CC[C@H]1CC(NC(=O)N1C(=O)Cc3ccccc31)C2.Cc1cccc(N(C)C(=S)Oc2ccc3c(c2)CCC3)c1. The Hall–Kier alpha value is -12.1. The van der Waals surface area contributed by atoms with Gasteiger partial charge in [0.05, 0.1) is 47.1 Å². The fraction of sp³-hybridized carbons (Fsp3) is 0.429. The summed E-state index contributed by atoms with van der Waals surface area (Å²) in [7, 11) is 4.12. The third kappa shape index (κ3) is 27.8. The number of ketones is 2. The fourth-order valence-electron chi connectivity index (χ4n) is 17.5. The molecule has 133 heavy (non-hydrogen) atoms. The Morgan fingerprint density at radius 3 is 2.06 bits per heavy atom. The highest BCUT2D eigenvalue weighted by Gasteiger charge is 2.47. The molecule has 7 aliphatic rings. The predicted octanol–water partition coefficient (Wildman–Crippen LogP) is 19.4. The minimum Gasteiger partial charge on any atom is -0.480 e. The molecule has 3 aromatic heterocycles. The second-order valence-electron chi connectivity index (χ2n) is 34.9. The van der Waals surface area contributed by atoms with Crippen LogP contribution in [0.15, 0.2) is 190 Å². The molecule has 702 valence electrons. The summed E-state index contributed by atoms with van der Waals surface area (Å²) in [5, 5.41) is 32.6. The summed E-state index contributed by atoms with van der Waals surface area (Å²) in [4.78, 5) is 126. The number of carboxylic acid groups (broad SMARTS) is 1. The summed E-state index contributed by atoms with van der Waals surface area (Å²) in [6.45, 7) is 17.4. The summed E-state index contributed by atoms with van der Waals surface area (Å²) in [6, 6.07) is 53.6. The highest BCUT2D eigenvalue weighted by Crippen LogP contribution is 2.39. The number of H-pyrrole nitrogens is 1. The van der Waals surface area contributed by atoms with Gasteiger partial charge in [-0.3, -0.25) is 38.9 Å². The molecule has 3 fully saturated rings. The molecule has 3 saturated heterocycles. The van der Waals surface area contributed by atoms with Crippen LogP contribution in [0.3, 0.4) is 0 Å². The van der Waals surface area contributed by atoms with E-state index in [0.717, 1.165) is 96.8 Å². The van der Waals surface area contributed by atoms with Crippen LogP contribution >= 0.6 is 24.0 Å². The number of urea groups is 1. The number of hydrogen-bond donors (Lipinski definition) is 5. The van der Waals surface area contributed by atoms with Crippen LogP contribution in [0, 0.1) is 18.3 Å². The smallest absolute Gasteiger partial charge is 0.328 e. The maximum Gasteiger partial charge on any atom is 0.328 e. The lowest BCUT2D eigenvalue weighted by Gasteiger charge is -2.37. The van der Waals surface area contributed by atoms with E-state index in [1.165, 1.54) is 168 Å². The van der Waals surface area contributed by atoms with Crippen molar-refractivity contribution in [1.29, 1.82) is 5.26 Å². The quantitative estimate of drug-likeness (QED) is 0.00673. The Bertz CT molecular complexity index is 5960. The number of aliphatic carboxylic acids is 1. The number of carbonyl (C=O) groups is 7. The van der Waals surface area contributed by atoms with Crippen LogP contribution in [0.4, 0.5) is 21.9 Å². The zero-order valence-corrected chi connectivity index (χ0v) is 80.0. The molecule has 0 spiro atoms. The number of imide groups is 1. The number of para-hydroxylation sites is 3. The molecule has 5 N–H and O–H groups in total. The normalized spacial score (nSPS) is 16.9. The van der Waals surface area contributed by atoms with E-state index in [4.69, 9.17) is 31.4 Å². The van der Waals surface area contributed by atoms with Crippen LogP contribution in [-0.4, -0.2) is 156 Å². The monoisotopic (exact) mass is 1840 g/mol. The average Bonchev–Trinajstić information content (AvgIpc) is 1.13. The Morgan fingerprint density at radius 1 is 0.737 bits per heavy atom. The summed E-state index contributed by atoms with van der Waals surface area (Å²) < 4.78 is 18.3. The van der Waals surface area contributed by atoms with Crippen LogP contribution in [0.1, 0.15) is 233 Å². The Labute approximate surface area is 789 Å². The van der Waals surface area contributed by atoms with Gasteiger partial charge in [0.15, 0.2) is 28.2 Å². The van der Waals surface area contributed by atoms with Crippen LogP contribution in [0.25, 0.3) is 50.4 Å². The van der Waals surface area contributed by atoms with Gasteiger partial charge in [0.1, 0.15) is 51.3 Å². The van der Waals surface area contributed by atoms with E-state index in [2.05, 4.69) is 92.1 Å². The number of nitrogens with one attached hydrogen (secondary N) is 4. The van der Waals surface area contributed by atoms with Gasteiger partial charge >= 0.3 is 18.0 Å². The van der Waals surface area contributed by atoms with E-state index < -0.39 is 28.3 Å². The lowest BCUT2D eigenvalue weighted by Crippen LogP contribution is -2.52. The van der Waals surface area contributed by atoms with Crippen molar-refractivity contribution in [3.8, 4) is 34.5 Å². The number of hydrogen-bond acceptors (Lipinski definition) is 21. The molecule has 4 amide bonds. The largest absolute Gasteiger partial charge is 0.480 e. The lowest BCUT2D eigenvalue weighted by atomic mass is 9.97. The van der Waals surface area contributed by atoms with Gasteiger partial charge in [-0.05, 0) is 220 Å². The third-order valence-electron chi connectivity index (χ3n) is 24.8. The number of ether oxygens (including phenoxy) is 2. The second-order valence-corrected chi connectivity index (χ2v) is 36.3. The van der Waals surface area contributed by atoms with Gasteiger partial charge in [0.2, 0.25) is 17.2 Å². The van der Waals surface area contributed by atoms with Crippen LogP contribution in [0.5, 0.6) is 5.75 Å². The standard InChI is InChI=1S/C21H43NO.C18H19NOS.C17H15N5O.C17H21N3O2.C17H10N2O4.C15H19NO4S/c1-3-4-5-6-7-8-9-10-11-12-13-14-16-19-22-20-17-15-18-21(2)23;1-13-5-3-8-16(11-13)19(2)18(21)20-17-10-9-14-6-4-7-15(14)12-17;1-3-21(12(2)23)15-6-4-5-13(9-15)16-7-8-19-17-14(10-18)11-20-22(16)17;1-19-13-6-7-14(19)10-12(9-13)18-17(22)20-15-5-3-2-4-11(15)8-16(20)21;1-8(20)10-6-11(21)15-16(19-10)12(22)7-14-17(15)18-9-4-2-3-5-13(9)23-14;1-3-20-13(17)11(10-7-5-4-6-8-10)12-16-15(2,9-21-12)14(18)19/h22H,3-20H2,1-2H3;3,5,8-12H,4,6-7H2,1-2H3;4-9,11H,3H2,1-2H3;2-5,12-14H,6-10H2,1H3,(H,18,22);2-7H,1H3,(H,19,21);4-8,11-12,16H,3,9H2,1-2H3,(H,18,19)/t;;;12?,13-,14+;;11-,12-,15+/m.....1/s1. The number of benzene rings is 7. The number of aromatic nitrogens is 5. The minimum atomic E-state index is -1.02. The van der Waals surface area contributed by atoms with Crippen molar-refractivity contribution in [3.05, 3.63) is 236 Å². The van der Waals surface area contributed by atoms with E-state index in [-0.39, 0.29) is 63.4 Å². The number of unbranched alkanes of at least 4 members (excludes halogenated alkanes) is 13. The number of carboxylic acids is 1. The van der Waals surface area contributed by atoms with Crippen molar-refractivity contribution >= 4 is 115 Å². The number of nitriles is 1. The number of fused-ring (bicyclic) bond motifs is 9. The highest BCUT2D eigenvalue weighted by atomic mass is 32.2. The van der Waals surface area contributed by atoms with Crippen molar-refractivity contribution in [1.82, 2.24) is 45.4 Å². The molecule has 2 aliphatic carbocycles. The first kappa shape index (κ1) is 101. The van der Waals surface area contributed by atoms with Gasteiger partial charge in [-0.25, -0.2) is 24.2 Å². The number of anilines is 3. The molecule has 8 heterocycles. The number of piperidine rings is 1. The molecule has 5 aliphatic heterocycles. The number of amides is 4. The number of rotatable bonds is 31. The van der Waals surface area contributed by atoms with Gasteiger partial charge in [0, 0.05) is 93.0 Å². The van der Waals surface area contributed by atoms with Crippen LogP contribution in [0.2, 0.25) is 0 Å². The molecule has 6 atom stereocenters. The van der Waals surface area contributed by atoms with E-state index >= 15 is 0 Å². The van der Waals surface area contributed by atoms with Crippen LogP contribution < -0.4 is 46.2 Å². The lowest BCUT2D eigenvalue weighted by molar-refractivity contribution is -0.147. The molecular weight excluding hydrogens is 1720 g/mol. The van der Waals surface area contributed by atoms with Gasteiger partial charge in [0.25, 0.3) is 5.17 Å². The number of thiocarbonyl (C=S) groups is 1. The molecule has 0 radical (unpaired) electrons.